The van der Waals surface area contributed by atoms with Crippen molar-refractivity contribution in [2.24, 2.45) is 4.99 Å². The molecule has 0 saturated carbocycles. The van der Waals surface area contributed by atoms with Crippen LogP contribution in [0.3, 0.4) is 0 Å². The van der Waals surface area contributed by atoms with Gasteiger partial charge in [-0.3, -0.25) is 9.36 Å². The van der Waals surface area contributed by atoms with Gasteiger partial charge in [0.2, 0.25) is 0 Å². The minimum atomic E-state index is -1.06. The number of thiazole rings is 1. The summed E-state index contributed by atoms with van der Waals surface area (Å²) in [5, 5.41) is 8.80. The summed E-state index contributed by atoms with van der Waals surface area (Å²) in [6.45, 7) is 7.81. The van der Waals surface area contributed by atoms with Crippen LogP contribution in [0.1, 0.15) is 69.2 Å². The third-order valence-corrected chi connectivity index (χ3v) is 7.33. The quantitative estimate of drug-likeness (QED) is 0.381. The van der Waals surface area contributed by atoms with Gasteiger partial charge in [-0.2, -0.15) is 0 Å². The molecule has 2 aromatic carbocycles. The summed E-state index contributed by atoms with van der Waals surface area (Å²) in [6, 6.07) is 14.2. The third-order valence-electron chi connectivity index (χ3n) is 6.35. The molecule has 0 fully saturated rings. The van der Waals surface area contributed by atoms with E-state index in [1.54, 1.807) is 41.8 Å². The van der Waals surface area contributed by atoms with Crippen LogP contribution in [-0.4, -0.2) is 34.8 Å². The number of hydrogen-bond donors (Lipinski definition) is 1. The number of aliphatic carboxylic acids is 1. The Balaban J connectivity index is 1.86. The van der Waals surface area contributed by atoms with Crippen LogP contribution in [0.2, 0.25) is 0 Å². The first kappa shape index (κ1) is 28.0. The van der Waals surface area contributed by atoms with E-state index in [0.717, 1.165) is 23.1 Å². The molecule has 0 bridgehead atoms. The lowest BCUT2D eigenvalue weighted by atomic mass is 9.92. The number of carbonyl (C=O) groups is 2. The van der Waals surface area contributed by atoms with Gasteiger partial charge in [0.05, 0.1) is 28.5 Å². The fourth-order valence-corrected chi connectivity index (χ4v) is 5.48. The summed E-state index contributed by atoms with van der Waals surface area (Å²) in [5.74, 6) is -0.756. The molecule has 39 heavy (non-hydrogen) atoms. The van der Waals surface area contributed by atoms with Gasteiger partial charge in [0, 0.05) is 0 Å². The molecule has 8 nitrogen and oxygen atoms in total. The van der Waals surface area contributed by atoms with Crippen LogP contribution in [0, 0.1) is 0 Å². The van der Waals surface area contributed by atoms with Crippen molar-refractivity contribution in [1.82, 2.24) is 4.57 Å². The van der Waals surface area contributed by atoms with E-state index in [1.165, 1.54) is 11.3 Å². The second kappa shape index (κ2) is 12.3. The Kier molecular flexibility index (Phi) is 8.81. The molecule has 0 aliphatic carbocycles. The van der Waals surface area contributed by atoms with Crippen LogP contribution in [0.25, 0.3) is 6.08 Å². The van der Waals surface area contributed by atoms with Crippen molar-refractivity contribution in [3.63, 3.8) is 0 Å². The molecule has 204 valence electrons. The molecule has 9 heteroatoms. The van der Waals surface area contributed by atoms with Crippen molar-refractivity contribution < 1.29 is 24.2 Å². The Morgan fingerprint density at radius 2 is 1.79 bits per heavy atom. The van der Waals surface area contributed by atoms with E-state index < -0.39 is 24.6 Å². The Bertz CT molecular complexity index is 1560. The normalized spacial score (nSPS) is 15.2. The highest BCUT2D eigenvalue weighted by atomic mass is 32.1. The number of aromatic nitrogens is 1. The van der Waals surface area contributed by atoms with Gasteiger partial charge in [0.1, 0.15) is 5.75 Å². The summed E-state index contributed by atoms with van der Waals surface area (Å²) in [4.78, 5) is 43.2. The zero-order chi connectivity index (χ0) is 28.1. The van der Waals surface area contributed by atoms with Crippen molar-refractivity contribution in [1.29, 1.82) is 0 Å². The maximum atomic E-state index is 13.8. The third kappa shape index (κ3) is 6.20. The van der Waals surface area contributed by atoms with Gasteiger partial charge in [-0.1, -0.05) is 74.9 Å². The largest absolute Gasteiger partial charge is 0.482 e. The second-order valence-electron chi connectivity index (χ2n) is 9.49. The number of carboxylic acid groups (broad SMARTS) is 1. The second-order valence-corrected chi connectivity index (χ2v) is 10.5. The Labute approximate surface area is 230 Å². The zero-order valence-electron chi connectivity index (χ0n) is 22.5. The van der Waals surface area contributed by atoms with Gasteiger partial charge in [0.15, 0.2) is 11.4 Å². The summed E-state index contributed by atoms with van der Waals surface area (Å²) in [7, 11) is 0. The fraction of sp³-hybridized carbons (Fsp3) is 0.333. The van der Waals surface area contributed by atoms with E-state index in [9.17, 15) is 14.4 Å². The molecule has 0 radical (unpaired) electrons. The number of esters is 1. The predicted octanol–water partition coefficient (Wildman–Crippen LogP) is 4.17. The van der Waals surface area contributed by atoms with Crippen LogP contribution >= 0.6 is 11.3 Å². The van der Waals surface area contributed by atoms with Crippen LogP contribution in [-0.2, 0) is 14.3 Å². The van der Waals surface area contributed by atoms with E-state index in [4.69, 9.17) is 19.6 Å². The number of fused-ring (bicyclic) bond motifs is 1. The van der Waals surface area contributed by atoms with Crippen molar-refractivity contribution in [2.45, 2.75) is 52.5 Å². The number of rotatable bonds is 10. The average Bonchev–Trinajstić information content (AvgIpc) is 3.22. The number of carboxylic acids is 1. The van der Waals surface area contributed by atoms with E-state index in [0.29, 0.717) is 38.7 Å². The van der Waals surface area contributed by atoms with Gasteiger partial charge in [-0.25, -0.2) is 14.6 Å². The minimum Gasteiger partial charge on any atom is -0.482 e. The van der Waals surface area contributed by atoms with Crippen LogP contribution in [0.4, 0.5) is 0 Å². The first-order valence-corrected chi connectivity index (χ1v) is 13.8. The lowest BCUT2D eigenvalue weighted by molar-refractivity contribution is -0.140. The molecule has 0 unspecified atom stereocenters. The highest BCUT2D eigenvalue weighted by molar-refractivity contribution is 7.07. The monoisotopic (exact) mass is 548 g/mol. The number of allylic oxidation sites excluding steroid dienone is 1. The summed E-state index contributed by atoms with van der Waals surface area (Å²) in [5.41, 5.74) is 3.52. The van der Waals surface area contributed by atoms with E-state index >= 15 is 0 Å². The van der Waals surface area contributed by atoms with Gasteiger partial charge in [-0.15, -0.1) is 0 Å². The minimum absolute atomic E-state index is 0.220. The van der Waals surface area contributed by atoms with Crippen molar-refractivity contribution >= 4 is 29.4 Å². The van der Waals surface area contributed by atoms with Crippen LogP contribution in [0.15, 0.2) is 69.6 Å². The molecule has 1 N–H and O–H groups in total. The van der Waals surface area contributed by atoms with Gasteiger partial charge >= 0.3 is 11.9 Å². The number of nitrogens with zero attached hydrogens (tertiary/aromatic N) is 2. The van der Waals surface area contributed by atoms with Gasteiger partial charge in [0.25, 0.3) is 5.56 Å². The van der Waals surface area contributed by atoms with Crippen LogP contribution in [0.5, 0.6) is 5.75 Å². The van der Waals surface area contributed by atoms with Crippen LogP contribution < -0.4 is 19.6 Å². The Morgan fingerprint density at radius 3 is 2.38 bits per heavy atom. The first-order chi connectivity index (χ1) is 18.7. The fourth-order valence-electron chi connectivity index (χ4n) is 4.46. The van der Waals surface area contributed by atoms with Crippen molar-refractivity contribution in [2.75, 3.05) is 13.2 Å². The number of ether oxygens (including phenoxy) is 2. The standard InChI is InChI=1S/C30H32N2O6S/c1-5-7-23-26(29(36)37-6-2)27(21-12-10-20(11-13-21)18(3)4)32-28(35)24(39-30(32)31-23)16-19-8-14-22(15-9-19)38-17-25(33)34/h8-16,18,27H,5-7,17H2,1-4H3,(H,33,34)/b24-16-/t27-/m1/s1. The van der Waals surface area contributed by atoms with E-state index in [1.807, 2.05) is 31.2 Å². The smallest absolute Gasteiger partial charge is 0.341 e. The predicted molar refractivity (Wildman–Crippen MR) is 150 cm³/mol. The van der Waals surface area contributed by atoms with Gasteiger partial charge < -0.3 is 14.6 Å². The van der Waals surface area contributed by atoms with Crippen molar-refractivity contribution in [3.8, 4) is 5.75 Å². The number of carbonyl (C=O) groups excluding carboxylic acids is 1. The summed E-state index contributed by atoms with van der Waals surface area (Å²) in [6.07, 6.45) is 3.13. The van der Waals surface area contributed by atoms with E-state index in [2.05, 4.69) is 13.8 Å². The molecule has 3 aromatic rings. The lowest BCUT2D eigenvalue weighted by Crippen LogP contribution is -2.40. The zero-order valence-corrected chi connectivity index (χ0v) is 23.3. The molecular formula is C30H32N2O6S. The SMILES string of the molecule is CCCC1=C(C(=O)OCC)[C@@H](c2ccc(C(C)C)cc2)n2c(s/c(=C\c3ccc(OCC(=O)O)cc3)c2=O)=N1. The molecule has 1 aliphatic heterocycles. The number of hydrogen-bond acceptors (Lipinski definition) is 7. The number of benzene rings is 2. The average molecular weight is 549 g/mol. The highest BCUT2D eigenvalue weighted by Crippen LogP contribution is 2.33. The molecule has 4 rings (SSSR count). The van der Waals surface area contributed by atoms with Gasteiger partial charge in [-0.05, 0) is 54.2 Å². The Morgan fingerprint density at radius 1 is 1.10 bits per heavy atom. The summed E-state index contributed by atoms with van der Waals surface area (Å²) < 4.78 is 12.7. The summed E-state index contributed by atoms with van der Waals surface area (Å²) >= 11 is 1.27. The molecule has 1 aromatic heterocycles. The Hall–Kier alpha value is -3.98. The molecule has 1 aliphatic rings. The molecule has 1 atom stereocenters. The molecular weight excluding hydrogens is 516 g/mol. The maximum Gasteiger partial charge on any atom is 0.341 e. The topological polar surface area (TPSA) is 107 Å². The molecule has 0 saturated heterocycles. The highest BCUT2D eigenvalue weighted by Gasteiger charge is 2.34. The van der Waals surface area contributed by atoms with Crippen molar-refractivity contribution in [3.05, 3.63) is 96.2 Å². The van der Waals surface area contributed by atoms with E-state index in [-0.39, 0.29) is 12.2 Å². The lowest BCUT2D eigenvalue weighted by Gasteiger charge is -2.26. The molecule has 0 amide bonds. The maximum absolute atomic E-state index is 13.8. The molecule has 0 spiro atoms. The first-order valence-electron chi connectivity index (χ1n) is 13.0. The molecule has 2 heterocycles.